The number of H-pyrrole nitrogens is 1. The molecule has 0 radical (unpaired) electrons. The van der Waals surface area contributed by atoms with Crippen molar-refractivity contribution in [1.29, 1.82) is 0 Å². The molecule has 3 amide bonds. The van der Waals surface area contributed by atoms with Gasteiger partial charge >= 0.3 is 0 Å². The van der Waals surface area contributed by atoms with Gasteiger partial charge in [0, 0.05) is 44.0 Å². The number of amides is 3. The normalized spacial score (nSPS) is 12.9. The molecule has 0 saturated heterocycles. The SMILES string of the molecule is CC(=O)NC(CSC(=O)C(Cc1cnc[nH]1)NC(=O)CCN)C(N)=O. The maximum Gasteiger partial charge on any atom is 0.240 e. The van der Waals surface area contributed by atoms with E-state index in [0.717, 1.165) is 11.8 Å². The molecule has 2 atom stereocenters. The Kier molecular flexibility index (Phi) is 8.64. The van der Waals surface area contributed by atoms with E-state index >= 15 is 0 Å². The van der Waals surface area contributed by atoms with Gasteiger partial charge in [0.25, 0.3) is 0 Å². The van der Waals surface area contributed by atoms with Crippen molar-refractivity contribution in [3.63, 3.8) is 0 Å². The number of hydrogen-bond donors (Lipinski definition) is 5. The lowest BCUT2D eigenvalue weighted by molar-refractivity contribution is -0.125. The predicted octanol–water partition coefficient (Wildman–Crippen LogP) is -1.96. The van der Waals surface area contributed by atoms with E-state index in [0.29, 0.717) is 5.69 Å². The zero-order chi connectivity index (χ0) is 18.8. The summed E-state index contributed by atoms with van der Waals surface area (Å²) < 4.78 is 0. The number of aromatic amines is 1. The highest BCUT2D eigenvalue weighted by Crippen LogP contribution is 2.12. The summed E-state index contributed by atoms with van der Waals surface area (Å²) in [6, 6.07) is -1.80. The van der Waals surface area contributed by atoms with Crippen molar-refractivity contribution in [3.05, 3.63) is 18.2 Å². The molecule has 1 rings (SSSR count). The average molecular weight is 370 g/mol. The van der Waals surface area contributed by atoms with Gasteiger partial charge in [-0.1, -0.05) is 11.8 Å². The summed E-state index contributed by atoms with van der Waals surface area (Å²) in [5.74, 6) is -1.55. The van der Waals surface area contributed by atoms with Crippen molar-refractivity contribution in [2.24, 2.45) is 11.5 Å². The zero-order valence-corrected chi connectivity index (χ0v) is 14.6. The number of nitrogens with zero attached hydrogens (tertiary/aromatic N) is 1. The molecular weight excluding hydrogens is 348 g/mol. The summed E-state index contributed by atoms with van der Waals surface area (Å²) in [7, 11) is 0. The second-order valence-corrected chi connectivity index (χ2v) is 6.25. The van der Waals surface area contributed by atoms with Crippen LogP contribution in [0.15, 0.2) is 12.5 Å². The Bertz CT molecular complexity index is 606. The lowest BCUT2D eigenvalue weighted by atomic mass is 10.2. The smallest absolute Gasteiger partial charge is 0.240 e. The molecule has 1 aromatic heterocycles. The monoisotopic (exact) mass is 370 g/mol. The van der Waals surface area contributed by atoms with Crippen LogP contribution in [0.25, 0.3) is 0 Å². The average Bonchev–Trinajstić information content (AvgIpc) is 3.03. The molecule has 11 heteroatoms. The molecule has 0 spiro atoms. The zero-order valence-electron chi connectivity index (χ0n) is 13.8. The second-order valence-electron chi connectivity index (χ2n) is 5.23. The van der Waals surface area contributed by atoms with E-state index in [4.69, 9.17) is 11.5 Å². The number of aromatic nitrogens is 2. The molecule has 0 saturated carbocycles. The molecule has 0 aliphatic rings. The highest BCUT2D eigenvalue weighted by atomic mass is 32.2. The molecule has 7 N–H and O–H groups in total. The molecular formula is C14H22N6O4S. The van der Waals surface area contributed by atoms with Crippen LogP contribution in [-0.4, -0.2) is 57.2 Å². The number of thioether (sulfide) groups is 1. The van der Waals surface area contributed by atoms with Crippen LogP contribution in [0.3, 0.4) is 0 Å². The number of primary amides is 1. The van der Waals surface area contributed by atoms with E-state index in [-0.39, 0.29) is 36.2 Å². The maximum atomic E-state index is 12.4. The number of hydrogen-bond acceptors (Lipinski definition) is 7. The summed E-state index contributed by atoms with van der Waals surface area (Å²) in [5, 5.41) is 4.62. The van der Waals surface area contributed by atoms with Gasteiger partial charge in [0.05, 0.1) is 6.33 Å². The number of rotatable bonds is 10. The van der Waals surface area contributed by atoms with E-state index in [1.165, 1.54) is 13.3 Å². The first-order chi connectivity index (χ1) is 11.8. The topological polar surface area (TPSA) is 173 Å². The van der Waals surface area contributed by atoms with Gasteiger partial charge in [-0.3, -0.25) is 19.2 Å². The fraction of sp³-hybridized carbons (Fsp3) is 0.500. The Morgan fingerprint density at radius 1 is 1.28 bits per heavy atom. The lowest BCUT2D eigenvalue weighted by Crippen LogP contribution is -2.46. The molecule has 0 bridgehead atoms. The van der Waals surface area contributed by atoms with E-state index in [2.05, 4.69) is 20.6 Å². The molecule has 138 valence electrons. The van der Waals surface area contributed by atoms with Gasteiger partial charge in [0.2, 0.25) is 22.8 Å². The van der Waals surface area contributed by atoms with Gasteiger partial charge in [-0.05, 0) is 0 Å². The maximum absolute atomic E-state index is 12.4. The van der Waals surface area contributed by atoms with Crippen LogP contribution in [0, 0.1) is 0 Å². The van der Waals surface area contributed by atoms with Crippen LogP contribution in [0.2, 0.25) is 0 Å². The summed E-state index contributed by atoms with van der Waals surface area (Å²) >= 11 is 0.810. The summed E-state index contributed by atoms with van der Waals surface area (Å²) in [6.45, 7) is 1.41. The van der Waals surface area contributed by atoms with Crippen LogP contribution < -0.4 is 22.1 Å². The first-order valence-electron chi connectivity index (χ1n) is 7.53. The van der Waals surface area contributed by atoms with E-state index in [9.17, 15) is 19.2 Å². The van der Waals surface area contributed by atoms with Crippen molar-refractivity contribution in [3.8, 4) is 0 Å². The first kappa shape index (κ1) is 20.6. The number of nitrogens with one attached hydrogen (secondary N) is 3. The molecule has 0 aromatic carbocycles. The van der Waals surface area contributed by atoms with Gasteiger partial charge in [0.15, 0.2) is 0 Å². The number of nitrogens with two attached hydrogens (primary N) is 2. The van der Waals surface area contributed by atoms with Crippen LogP contribution in [-0.2, 0) is 25.6 Å². The van der Waals surface area contributed by atoms with E-state index < -0.39 is 23.9 Å². The Balaban J connectivity index is 2.71. The Morgan fingerprint density at radius 3 is 2.52 bits per heavy atom. The van der Waals surface area contributed by atoms with Crippen molar-refractivity contribution in [2.45, 2.75) is 31.8 Å². The van der Waals surface area contributed by atoms with Crippen molar-refractivity contribution >= 4 is 34.6 Å². The Labute approximate surface area is 148 Å². The van der Waals surface area contributed by atoms with Crippen molar-refractivity contribution in [2.75, 3.05) is 12.3 Å². The highest BCUT2D eigenvalue weighted by Gasteiger charge is 2.25. The third kappa shape index (κ3) is 7.81. The van der Waals surface area contributed by atoms with Gasteiger partial charge in [-0.15, -0.1) is 0 Å². The van der Waals surface area contributed by atoms with Gasteiger partial charge < -0.3 is 27.1 Å². The van der Waals surface area contributed by atoms with E-state index in [1.54, 1.807) is 6.20 Å². The molecule has 1 heterocycles. The Hall–Kier alpha value is -2.40. The standard InChI is InChI=1S/C14H22N6O4S/c1-8(21)19-11(13(16)23)6-25-14(24)10(20-12(22)2-3-15)4-9-5-17-7-18-9/h5,7,10-11H,2-4,6,15H2,1H3,(H2,16,23)(H,17,18)(H,19,21)(H,20,22). The van der Waals surface area contributed by atoms with Crippen LogP contribution in [0.5, 0.6) is 0 Å². The van der Waals surface area contributed by atoms with Crippen molar-refractivity contribution < 1.29 is 19.2 Å². The predicted molar refractivity (Wildman–Crippen MR) is 92.2 cm³/mol. The molecule has 0 aliphatic carbocycles. The summed E-state index contributed by atoms with van der Waals surface area (Å²) in [6.07, 6.45) is 3.31. The lowest BCUT2D eigenvalue weighted by Gasteiger charge is -2.18. The van der Waals surface area contributed by atoms with Gasteiger partial charge in [0.1, 0.15) is 12.1 Å². The molecule has 1 aromatic rings. The fourth-order valence-electron chi connectivity index (χ4n) is 1.91. The third-order valence-electron chi connectivity index (χ3n) is 3.08. The largest absolute Gasteiger partial charge is 0.368 e. The number of carbonyl (C=O) groups excluding carboxylic acids is 4. The van der Waals surface area contributed by atoms with Crippen molar-refractivity contribution in [1.82, 2.24) is 20.6 Å². The molecule has 0 aliphatic heterocycles. The minimum Gasteiger partial charge on any atom is -0.368 e. The molecule has 10 nitrogen and oxygen atoms in total. The quantitative estimate of drug-likeness (QED) is 0.318. The number of imidazole rings is 1. The second kappa shape index (κ2) is 10.5. The third-order valence-corrected chi connectivity index (χ3v) is 4.15. The summed E-state index contributed by atoms with van der Waals surface area (Å²) in [5.41, 5.74) is 11.2. The Morgan fingerprint density at radius 2 is 2.00 bits per heavy atom. The first-order valence-corrected chi connectivity index (χ1v) is 8.51. The van der Waals surface area contributed by atoms with Crippen LogP contribution in [0.4, 0.5) is 0 Å². The van der Waals surface area contributed by atoms with Gasteiger partial charge in [-0.25, -0.2) is 4.98 Å². The van der Waals surface area contributed by atoms with Crippen LogP contribution in [0.1, 0.15) is 19.0 Å². The summed E-state index contributed by atoms with van der Waals surface area (Å²) in [4.78, 5) is 53.3. The minimum atomic E-state index is -0.973. The fourth-order valence-corrected chi connectivity index (χ4v) is 2.84. The number of carbonyl (C=O) groups is 4. The highest BCUT2D eigenvalue weighted by molar-refractivity contribution is 8.13. The molecule has 0 fully saturated rings. The van der Waals surface area contributed by atoms with E-state index in [1.807, 2.05) is 0 Å². The molecule has 2 unspecified atom stereocenters. The molecule has 25 heavy (non-hydrogen) atoms. The minimum absolute atomic E-state index is 0.0278. The van der Waals surface area contributed by atoms with Crippen LogP contribution >= 0.6 is 11.8 Å². The van der Waals surface area contributed by atoms with Gasteiger partial charge in [-0.2, -0.15) is 0 Å².